The quantitative estimate of drug-likeness (QED) is 0.323. The molecule has 0 atom stereocenters. The van der Waals surface area contributed by atoms with Gasteiger partial charge < -0.3 is 15.7 Å². The molecule has 1 aromatic rings. The van der Waals surface area contributed by atoms with E-state index in [-0.39, 0.29) is 23.9 Å². The highest BCUT2D eigenvalue weighted by Crippen LogP contribution is 2.10. The summed E-state index contributed by atoms with van der Waals surface area (Å²) in [5.41, 5.74) is 0.686. The Morgan fingerprint density at radius 1 is 1.69 bits per heavy atom. The molecule has 13 heavy (non-hydrogen) atoms. The van der Waals surface area contributed by atoms with Crippen LogP contribution in [0.4, 0.5) is 0 Å². The van der Waals surface area contributed by atoms with Gasteiger partial charge in [0, 0.05) is 23.8 Å². The minimum Gasteiger partial charge on any atom is -0.618 e. The number of hydrogen-bond acceptors (Lipinski definition) is 3. The molecule has 0 aliphatic heterocycles. The van der Waals surface area contributed by atoms with E-state index in [1.165, 1.54) is 6.20 Å². The summed E-state index contributed by atoms with van der Waals surface area (Å²) >= 11 is 5.67. The lowest BCUT2D eigenvalue weighted by Crippen LogP contribution is -2.28. The summed E-state index contributed by atoms with van der Waals surface area (Å²) in [5.74, 6) is 0. The molecule has 0 saturated carbocycles. The molecule has 0 unspecified atom stereocenters. The Kier molecular flexibility index (Phi) is 3.22. The second-order valence-electron chi connectivity index (χ2n) is 2.59. The molecule has 5 heteroatoms. The van der Waals surface area contributed by atoms with Crippen LogP contribution in [-0.4, -0.2) is 17.4 Å². The summed E-state index contributed by atoms with van der Waals surface area (Å²) in [7, 11) is 0. The second-order valence-corrected chi connectivity index (χ2v) is 2.95. The maximum atomic E-state index is 11.0. The van der Waals surface area contributed by atoms with E-state index in [0.717, 1.165) is 0 Å². The topological polar surface area (TPSA) is 71.0 Å². The third-order valence-corrected chi connectivity index (χ3v) is 1.98. The van der Waals surface area contributed by atoms with Gasteiger partial charge in [-0.05, 0) is 17.7 Å². The van der Waals surface area contributed by atoms with E-state index in [4.69, 9.17) is 22.1 Å². The highest BCUT2D eigenvalue weighted by Gasteiger charge is 2.10. The van der Waals surface area contributed by atoms with Crippen LogP contribution in [0, 0.1) is 10.6 Å². The van der Waals surface area contributed by atoms with Crippen molar-refractivity contribution in [1.29, 1.82) is 5.41 Å². The van der Waals surface area contributed by atoms with Gasteiger partial charge in [0.05, 0.1) is 6.61 Å². The van der Waals surface area contributed by atoms with E-state index in [0.29, 0.717) is 10.3 Å². The van der Waals surface area contributed by atoms with Gasteiger partial charge in [-0.25, -0.2) is 0 Å². The van der Waals surface area contributed by atoms with Crippen LogP contribution in [0.2, 0.25) is 5.15 Å². The Labute approximate surface area is 80.5 Å². The van der Waals surface area contributed by atoms with Gasteiger partial charge in [-0.15, -0.1) is 0 Å². The predicted molar refractivity (Wildman–Crippen MR) is 48.9 cm³/mol. The summed E-state index contributed by atoms with van der Waals surface area (Å²) in [4.78, 5) is 0. The van der Waals surface area contributed by atoms with E-state index in [2.05, 4.69) is 0 Å². The first-order chi connectivity index (χ1) is 6.15. The fourth-order valence-corrected chi connectivity index (χ4v) is 1.12. The first kappa shape index (κ1) is 9.95. The number of halogens is 1. The summed E-state index contributed by atoms with van der Waals surface area (Å²) in [6.45, 7) is -0.315. The van der Waals surface area contributed by atoms with Crippen LogP contribution in [0.15, 0.2) is 18.3 Å². The number of rotatable bonds is 3. The molecular formula is C8H9ClN2O2. The van der Waals surface area contributed by atoms with E-state index in [9.17, 15) is 5.21 Å². The average Bonchev–Trinajstić information content (AvgIpc) is 2.13. The molecular weight excluding hydrogens is 192 g/mol. The van der Waals surface area contributed by atoms with Gasteiger partial charge in [0.1, 0.15) is 0 Å². The van der Waals surface area contributed by atoms with Crippen LogP contribution < -0.4 is 4.73 Å². The van der Waals surface area contributed by atoms with E-state index < -0.39 is 0 Å². The molecule has 1 heterocycles. The normalized spacial score (nSPS) is 10.0. The van der Waals surface area contributed by atoms with Gasteiger partial charge in [0.25, 0.3) is 5.15 Å². The number of aliphatic hydroxyl groups excluding tert-OH is 1. The highest BCUT2D eigenvalue weighted by atomic mass is 35.5. The summed E-state index contributed by atoms with van der Waals surface area (Å²) in [5, 5.41) is 26.8. The van der Waals surface area contributed by atoms with Crippen LogP contribution in [0.1, 0.15) is 5.56 Å². The lowest BCUT2D eigenvalue weighted by atomic mass is 10.1. The van der Waals surface area contributed by atoms with Crippen molar-refractivity contribution >= 4 is 17.3 Å². The SMILES string of the molecule is N=C(CO)Cc1ccc[n+]([O-])c1Cl. The maximum absolute atomic E-state index is 11.0. The summed E-state index contributed by atoms with van der Waals surface area (Å²) in [6.07, 6.45) is 1.49. The van der Waals surface area contributed by atoms with Crippen molar-refractivity contribution in [3.05, 3.63) is 34.3 Å². The summed E-state index contributed by atoms with van der Waals surface area (Å²) in [6, 6.07) is 3.21. The number of hydrogen-bond donors (Lipinski definition) is 2. The van der Waals surface area contributed by atoms with Crippen LogP contribution in [0.3, 0.4) is 0 Å². The molecule has 1 rings (SSSR count). The molecule has 0 aliphatic rings. The molecule has 0 amide bonds. The second kappa shape index (κ2) is 4.20. The van der Waals surface area contributed by atoms with Gasteiger partial charge in [-0.2, -0.15) is 4.73 Å². The predicted octanol–water partition coefficient (Wildman–Crippen LogP) is 0.528. The van der Waals surface area contributed by atoms with Gasteiger partial charge in [-0.1, -0.05) is 0 Å². The first-order valence-electron chi connectivity index (χ1n) is 3.69. The molecule has 0 bridgehead atoms. The average molecular weight is 201 g/mol. The molecule has 0 saturated heterocycles. The molecule has 0 aromatic carbocycles. The van der Waals surface area contributed by atoms with Crippen molar-refractivity contribution in [3.8, 4) is 0 Å². The van der Waals surface area contributed by atoms with Crippen LogP contribution in [0.5, 0.6) is 0 Å². The Morgan fingerprint density at radius 3 is 3.00 bits per heavy atom. The van der Waals surface area contributed by atoms with Gasteiger partial charge in [0.15, 0.2) is 6.20 Å². The van der Waals surface area contributed by atoms with Gasteiger partial charge >= 0.3 is 0 Å². The lowest BCUT2D eigenvalue weighted by Gasteiger charge is -2.03. The molecule has 0 spiro atoms. The summed E-state index contributed by atoms with van der Waals surface area (Å²) < 4.78 is 0.529. The minimum atomic E-state index is -0.315. The Morgan fingerprint density at radius 2 is 2.38 bits per heavy atom. The van der Waals surface area contributed by atoms with Crippen molar-refractivity contribution in [1.82, 2.24) is 0 Å². The molecule has 70 valence electrons. The standard InChI is InChI=1S/C8H9ClN2O2/c9-8-6(4-7(10)5-12)2-1-3-11(8)13/h1-3,10,12H,4-5H2. The molecule has 2 N–H and O–H groups in total. The molecule has 0 radical (unpaired) electrons. The van der Waals surface area contributed by atoms with E-state index in [1.807, 2.05) is 0 Å². The number of nitrogens with zero attached hydrogens (tertiary/aromatic N) is 1. The Balaban J connectivity index is 2.89. The number of nitrogens with one attached hydrogen (secondary N) is 1. The van der Waals surface area contributed by atoms with Crippen LogP contribution >= 0.6 is 11.6 Å². The van der Waals surface area contributed by atoms with Crippen molar-refractivity contribution in [2.75, 3.05) is 6.61 Å². The van der Waals surface area contributed by atoms with Crippen molar-refractivity contribution in [3.63, 3.8) is 0 Å². The van der Waals surface area contributed by atoms with Crippen molar-refractivity contribution < 1.29 is 9.84 Å². The zero-order chi connectivity index (χ0) is 9.84. The van der Waals surface area contributed by atoms with Gasteiger partial charge in [-0.3, -0.25) is 0 Å². The largest absolute Gasteiger partial charge is 0.618 e. The molecule has 4 nitrogen and oxygen atoms in total. The molecule has 0 aliphatic carbocycles. The monoisotopic (exact) mass is 200 g/mol. The van der Waals surface area contributed by atoms with Crippen molar-refractivity contribution in [2.24, 2.45) is 0 Å². The number of aliphatic hydroxyl groups is 1. The van der Waals surface area contributed by atoms with Gasteiger partial charge in [0.2, 0.25) is 0 Å². The molecule has 1 aromatic heterocycles. The Bertz CT molecular complexity index is 328. The maximum Gasteiger partial charge on any atom is 0.289 e. The third-order valence-electron chi connectivity index (χ3n) is 1.57. The first-order valence-corrected chi connectivity index (χ1v) is 4.06. The van der Waals surface area contributed by atoms with Crippen LogP contribution in [-0.2, 0) is 6.42 Å². The fraction of sp³-hybridized carbons (Fsp3) is 0.250. The highest BCUT2D eigenvalue weighted by molar-refractivity contribution is 6.29. The smallest absolute Gasteiger partial charge is 0.289 e. The zero-order valence-corrected chi connectivity index (χ0v) is 7.58. The Hall–Kier alpha value is -1.13. The fourth-order valence-electron chi connectivity index (χ4n) is 0.931. The van der Waals surface area contributed by atoms with E-state index in [1.54, 1.807) is 12.1 Å². The number of pyridine rings is 1. The van der Waals surface area contributed by atoms with E-state index >= 15 is 0 Å². The molecule has 0 fully saturated rings. The van der Waals surface area contributed by atoms with Crippen LogP contribution in [0.25, 0.3) is 0 Å². The van der Waals surface area contributed by atoms with Crippen molar-refractivity contribution in [2.45, 2.75) is 6.42 Å². The minimum absolute atomic E-state index is 0.0562. The third kappa shape index (κ3) is 2.40. The zero-order valence-electron chi connectivity index (χ0n) is 6.83. The number of aromatic nitrogens is 1. The lowest BCUT2D eigenvalue weighted by molar-refractivity contribution is -0.603.